The van der Waals surface area contributed by atoms with E-state index in [0.717, 1.165) is 23.4 Å². The standard InChI is InChI=1S/C18H19ClN2/c1-3-18(4-2,13-9-11-14(19)12-10-13)17-15-7-5-6-8-16(15)20-21-17/h5-12H,3-4H2,1-2H3,(H,20,21). The fourth-order valence-corrected chi connectivity index (χ4v) is 3.37. The van der Waals surface area contributed by atoms with Gasteiger partial charge >= 0.3 is 0 Å². The summed E-state index contributed by atoms with van der Waals surface area (Å²) in [7, 11) is 0. The molecule has 1 N–H and O–H groups in total. The second-order valence-electron chi connectivity index (χ2n) is 5.41. The van der Waals surface area contributed by atoms with Crippen LogP contribution < -0.4 is 0 Å². The van der Waals surface area contributed by atoms with Crippen LogP contribution in [-0.2, 0) is 5.41 Å². The summed E-state index contributed by atoms with van der Waals surface area (Å²) in [5, 5.41) is 9.74. The number of hydrogen-bond acceptors (Lipinski definition) is 1. The zero-order chi connectivity index (χ0) is 14.9. The van der Waals surface area contributed by atoms with Gasteiger partial charge in [0.15, 0.2) is 0 Å². The summed E-state index contributed by atoms with van der Waals surface area (Å²) in [6.45, 7) is 4.46. The molecule has 0 atom stereocenters. The van der Waals surface area contributed by atoms with Gasteiger partial charge in [-0.25, -0.2) is 0 Å². The molecule has 0 unspecified atom stereocenters. The largest absolute Gasteiger partial charge is 0.280 e. The summed E-state index contributed by atoms with van der Waals surface area (Å²) < 4.78 is 0. The molecule has 108 valence electrons. The van der Waals surface area contributed by atoms with Crippen molar-refractivity contribution in [1.29, 1.82) is 0 Å². The number of hydrogen-bond donors (Lipinski definition) is 1. The molecule has 0 saturated heterocycles. The minimum atomic E-state index is -0.0549. The van der Waals surface area contributed by atoms with Gasteiger partial charge < -0.3 is 0 Å². The highest BCUT2D eigenvalue weighted by atomic mass is 35.5. The molecule has 3 rings (SSSR count). The van der Waals surface area contributed by atoms with Crippen molar-refractivity contribution >= 4 is 22.5 Å². The molecular formula is C18H19ClN2. The van der Waals surface area contributed by atoms with E-state index in [9.17, 15) is 0 Å². The van der Waals surface area contributed by atoms with E-state index in [4.69, 9.17) is 11.6 Å². The van der Waals surface area contributed by atoms with E-state index in [-0.39, 0.29) is 5.41 Å². The Bertz CT molecular complexity index is 739. The van der Waals surface area contributed by atoms with Crippen LogP contribution in [0.1, 0.15) is 37.9 Å². The molecule has 0 aliphatic carbocycles. The Morgan fingerprint density at radius 3 is 2.33 bits per heavy atom. The summed E-state index contributed by atoms with van der Waals surface area (Å²) in [4.78, 5) is 0. The number of nitrogens with zero attached hydrogens (tertiary/aromatic N) is 1. The first kappa shape index (κ1) is 14.2. The molecule has 0 saturated carbocycles. The van der Waals surface area contributed by atoms with Gasteiger partial charge in [-0.05, 0) is 36.6 Å². The Morgan fingerprint density at radius 2 is 1.67 bits per heavy atom. The predicted molar refractivity (Wildman–Crippen MR) is 88.9 cm³/mol. The minimum Gasteiger partial charge on any atom is -0.280 e. The highest BCUT2D eigenvalue weighted by molar-refractivity contribution is 6.30. The van der Waals surface area contributed by atoms with Gasteiger partial charge in [0.25, 0.3) is 0 Å². The number of aromatic amines is 1. The number of fused-ring (bicyclic) bond motifs is 1. The topological polar surface area (TPSA) is 28.7 Å². The molecule has 0 bridgehead atoms. The zero-order valence-electron chi connectivity index (χ0n) is 12.4. The third-order valence-corrected chi connectivity index (χ3v) is 4.80. The maximum atomic E-state index is 6.05. The van der Waals surface area contributed by atoms with Crippen LogP contribution in [0.4, 0.5) is 0 Å². The van der Waals surface area contributed by atoms with Gasteiger partial charge in [0, 0.05) is 15.8 Å². The zero-order valence-corrected chi connectivity index (χ0v) is 13.1. The smallest absolute Gasteiger partial charge is 0.0924 e. The number of para-hydroxylation sites is 1. The first-order valence-corrected chi connectivity index (χ1v) is 7.78. The number of halogens is 1. The van der Waals surface area contributed by atoms with Crippen LogP contribution in [0.15, 0.2) is 48.5 Å². The molecule has 0 spiro atoms. The number of rotatable bonds is 4. The molecule has 0 radical (unpaired) electrons. The average molecular weight is 299 g/mol. The van der Waals surface area contributed by atoms with E-state index in [0.29, 0.717) is 0 Å². The molecule has 0 aliphatic rings. The molecule has 0 aliphatic heterocycles. The van der Waals surface area contributed by atoms with Crippen molar-refractivity contribution in [2.24, 2.45) is 0 Å². The van der Waals surface area contributed by atoms with E-state index in [1.807, 2.05) is 24.3 Å². The molecular weight excluding hydrogens is 280 g/mol. The molecule has 0 fully saturated rings. The lowest BCUT2D eigenvalue weighted by molar-refractivity contribution is 0.467. The molecule has 3 heteroatoms. The number of H-pyrrole nitrogens is 1. The van der Waals surface area contributed by atoms with E-state index in [1.165, 1.54) is 16.6 Å². The monoisotopic (exact) mass is 298 g/mol. The average Bonchev–Trinajstić information content (AvgIpc) is 2.96. The molecule has 1 heterocycles. The fourth-order valence-electron chi connectivity index (χ4n) is 3.25. The van der Waals surface area contributed by atoms with E-state index < -0.39 is 0 Å². The highest BCUT2D eigenvalue weighted by Gasteiger charge is 2.33. The van der Waals surface area contributed by atoms with Crippen LogP contribution in [0.3, 0.4) is 0 Å². The summed E-state index contributed by atoms with van der Waals surface area (Å²) >= 11 is 6.05. The van der Waals surface area contributed by atoms with E-state index in [1.54, 1.807) is 0 Å². The first-order valence-electron chi connectivity index (χ1n) is 7.41. The Balaban J connectivity index is 2.23. The highest BCUT2D eigenvalue weighted by Crippen LogP contribution is 2.41. The number of aromatic nitrogens is 2. The van der Waals surface area contributed by atoms with Gasteiger partial charge in [-0.3, -0.25) is 5.10 Å². The summed E-state index contributed by atoms with van der Waals surface area (Å²) in [5.41, 5.74) is 3.45. The van der Waals surface area contributed by atoms with Gasteiger partial charge in [-0.2, -0.15) is 5.10 Å². The maximum absolute atomic E-state index is 6.05. The normalized spacial score (nSPS) is 12.0. The predicted octanol–water partition coefficient (Wildman–Crippen LogP) is 5.32. The summed E-state index contributed by atoms with van der Waals surface area (Å²) in [6.07, 6.45) is 2.02. The molecule has 1 aromatic heterocycles. The van der Waals surface area contributed by atoms with Gasteiger partial charge in [-0.1, -0.05) is 55.8 Å². The SMILES string of the molecule is CCC(CC)(c1ccc(Cl)cc1)c1[nH]nc2ccccc12. The van der Waals surface area contributed by atoms with Gasteiger partial charge in [0.1, 0.15) is 0 Å². The summed E-state index contributed by atoms with van der Waals surface area (Å²) in [5.74, 6) is 0. The Hall–Kier alpha value is -1.80. The van der Waals surface area contributed by atoms with Crippen LogP contribution in [0.25, 0.3) is 10.9 Å². The van der Waals surface area contributed by atoms with Crippen LogP contribution in [0.5, 0.6) is 0 Å². The van der Waals surface area contributed by atoms with Crippen molar-refractivity contribution < 1.29 is 0 Å². The van der Waals surface area contributed by atoms with Crippen LogP contribution in [0.2, 0.25) is 5.02 Å². The fraction of sp³-hybridized carbons (Fsp3) is 0.278. The first-order chi connectivity index (χ1) is 10.2. The van der Waals surface area contributed by atoms with Gasteiger partial charge in [0.05, 0.1) is 11.2 Å². The van der Waals surface area contributed by atoms with Crippen molar-refractivity contribution in [3.63, 3.8) is 0 Å². The number of nitrogens with one attached hydrogen (secondary N) is 1. The van der Waals surface area contributed by atoms with Crippen molar-refractivity contribution in [3.8, 4) is 0 Å². The lowest BCUT2D eigenvalue weighted by Gasteiger charge is -2.31. The summed E-state index contributed by atoms with van der Waals surface area (Å²) in [6, 6.07) is 16.5. The Kier molecular flexibility index (Phi) is 3.73. The lowest BCUT2D eigenvalue weighted by atomic mass is 9.72. The third-order valence-electron chi connectivity index (χ3n) is 4.54. The Morgan fingerprint density at radius 1 is 1.00 bits per heavy atom. The van der Waals surface area contributed by atoms with Gasteiger partial charge in [0.2, 0.25) is 0 Å². The second kappa shape index (κ2) is 5.53. The molecule has 2 aromatic carbocycles. The number of benzene rings is 2. The van der Waals surface area contributed by atoms with Crippen molar-refractivity contribution in [1.82, 2.24) is 10.2 Å². The van der Waals surface area contributed by atoms with E-state index >= 15 is 0 Å². The van der Waals surface area contributed by atoms with Crippen molar-refractivity contribution in [2.45, 2.75) is 32.1 Å². The lowest BCUT2D eigenvalue weighted by Crippen LogP contribution is -2.26. The van der Waals surface area contributed by atoms with Crippen molar-refractivity contribution in [3.05, 3.63) is 64.8 Å². The van der Waals surface area contributed by atoms with Crippen LogP contribution >= 0.6 is 11.6 Å². The molecule has 3 aromatic rings. The molecule has 2 nitrogen and oxygen atoms in total. The quantitative estimate of drug-likeness (QED) is 0.693. The molecule has 0 amide bonds. The molecule has 21 heavy (non-hydrogen) atoms. The minimum absolute atomic E-state index is 0.0549. The van der Waals surface area contributed by atoms with Gasteiger partial charge in [-0.15, -0.1) is 0 Å². The third kappa shape index (κ3) is 2.24. The van der Waals surface area contributed by atoms with Crippen molar-refractivity contribution in [2.75, 3.05) is 0 Å². The maximum Gasteiger partial charge on any atom is 0.0924 e. The van der Waals surface area contributed by atoms with Crippen LogP contribution in [-0.4, -0.2) is 10.2 Å². The second-order valence-corrected chi connectivity index (χ2v) is 5.85. The van der Waals surface area contributed by atoms with Crippen LogP contribution in [0, 0.1) is 0 Å². The van der Waals surface area contributed by atoms with E-state index in [2.05, 4.69) is 48.3 Å². The Labute approximate surface area is 130 Å².